The first-order valence-corrected chi connectivity index (χ1v) is 9.44. The van der Waals surface area contributed by atoms with Crippen molar-refractivity contribution in [3.63, 3.8) is 0 Å². The standard InChI is InChI=1S/C12H18F3N3O2S.C2H6/c1-8-9(2)18(16-11(8)12(13,14)15)10-4-6-17(7-5-10)21(3,19)20;1-2/h10H,4-7H2,1-3H3;1-2H3. The van der Waals surface area contributed by atoms with Crippen LogP contribution in [0.2, 0.25) is 0 Å². The number of sulfonamides is 1. The summed E-state index contributed by atoms with van der Waals surface area (Å²) in [5.74, 6) is 0. The van der Waals surface area contributed by atoms with E-state index >= 15 is 0 Å². The first-order valence-electron chi connectivity index (χ1n) is 7.60. The lowest BCUT2D eigenvalue weighted by molar-refractivity contribution is -0.142. The SMILES string of the molecule is CC.Cc1c(C(F)(F)F)nn(C2CCN(S(C)(=O)=O)CC2)c1C. The molecule has 0 saturated carbocycles. The molecule has 1 saturated heterocycles. The number of aromatic nitrogens is 2. The van der Waals surface area contributed by atoms with E-state index in [0.717, 1.165) is 6.26 Å². The summed E-state index contributed by atoms with van der Waals surface area (Å²) in [5, 5.41) is 3.72. The Labute approximate surface area is 135 Å². The van der Waals surface area contributed by atoms with Crippen LogP contribution < -0.4 is 0 Å². The van der Waals surface area contributed by atoms with E-state index in [1.165, 1.54) is 15.9 Å². The lowest BCUT2D eigenvalue weighted by Gasteiger charge is -2.30. The minimum absolute atomic E-state index is 0.132. The number of halogens is 3. The minimum Gasteiger partial charge on any atom is -0.266 e. The van der Waals surface area contributed by atoms with E-state index in [4.69, 9.17) is 0 Å². The lowest BCUT2D eigenvalue weighted by Crippen LogP contribution is -2.38. The molecule has 2 heterocycles. The number of hydrogen-bond acceptors (Lipinski definition) is 3. The van der Waals surface area contributed by atoms with Crippen LogP contribution in [-0.4, -0.2) is 41.8 Å². The van der Waals surface area contributed by atoms with Crippen LogP contribution in [0.4, 0.5) is 13.2 Å². The Morgan fingerprint density at radius 3 is 1.96 bits per heavy atom. The molecule has 1 aliphatic rings. The molecular formula is C14H24F3N3O2S. The highest BCUT2D eigenvalue weighted by Crippen LogP contribution is 2.34. The zero-order chi connectivity index (χ0) is 18.0. The molecule has 0 aromatic carbocycles. The van der Waals surface area contributed by atoms with Crippen molar-refractivity contribution in [1.82, 2.24) is 14.1 Å². The van der Waals surface area contributed by atoms with Crippen molar-refractivity contribution in [2.24, 2.45) is 0 Å². The Morgan fingerprint density at radius 2 is 1.61 bits per heavy atom. The van der Waals surface area contributed by atoms with Crippen molar-refractivity contribution in [2.75, 3.05) is 19.3 Å². The highest BCUT2D eigenvalue weighted by atomic mass is 32.2. The van der Waals surface area contributed by atoms with Crippen LogP contribution in [0.3, 0.4) is 0 Å². The Balaban J connectivity index is 0.00000127. The number of piperidine rings is 1. The third kappa shape index (κ3) is 4.47. The normalized spacial score (nSPS) is 17.7. The van der Waals surface area contributed by atoms with Crippen molar-refractivity contribution >= 4 is 10.0 Å². The van der Waals surface area contributed by atoms with Crippen molar-refractivity contribution in [1.29, 1.82) is 0 Å². The summed E-state index contributed by atoms with van der Waals surface area (Å²) >= 11 is 0. The van der Waals surface area contributed by atoms with Crippen LogP contribution in [0.15, 0.2) is 0 Å². The van der Waals surface area contributed by atoms with Crippen molar-refractivity contribution in [2.45, 2.75) is 52.8 Å². The summed E-state index contributed by atoms with van der Waals surface area (Å²) in [4.78, 5) is 0. The molecule has 9 heteroatoms. The Hall–Kier alpha value is -1.09. The fourth-order valence-corrected chi connectivity index (χ4v) is 3.52. The summed E-state index contributed by atoms with van der Waals surface area (Å²) in [7, 11) is -3.24. The molecule has 0 unspecified atom stereocenters. The van der Waals surface area contributed by atoms with Gasteiger partial charge in [-0.25, -0.2) is 12.7 Å². The summed E-state index contributed by atoms with van der Waals surface area (Å²) < 4.78 is 64.2. The van der Waals surface area contributed by atoms with Crippen LogP contribution in [0.5, 0.6) is 0 Å². The molecule has 134 valence electrons. The number of rotatable bonds is 2. The van der Waals surface area contributed by atoms with E-state index in [2.05, 4.69) is 5.10 Å². The predicted octanol–water partition coefficient (Wildman–Crippen LogP) is 3.14. The fraction of sp³-hybridized carbons (Fsp3) is 0.786. The van der Waals surface area contributed by atoms with Gasteiger partial charge in [0.05, 0.1) is 12.3 Å². The second-order valence-corrected chi connectivity index (χ2v) is 7.38. The maximum Gasteiger partial charge on any atom is 0.435 e. The van der Waals surface area contributed by atoms with Crippen LogP contribution in [0, 0.1) is 13.8 Å². The third-order valence-corrected chi connectivity index (χ3v) is 5.26. The molecule has 1 aliphatic heterocycles. The van der Waals surface area contributed by atoms with Crippen molar-refractivity contribution < 1.29 is 21.6 Å². The summed E-state index contributed by atoms with van der Waals surface area (Å²) in [6.45, 7) is 7.64. The van der Waals surface area contributed by atoms with E-state index in [1.807, 2.05) is 13.8 Å². The second kappa shape index (κ2) is 7.21. The summed E-state index contributed by atoms with van der Waals surface area (Å²) in [5.41, 5.74) is -0.237. The minimum atomic E-state index is -4.46. The van der Waals surface area contributed by atoms with Crippen LogP contribution >= 0.6 is 0 Å². The maximum absolute atomic E-state index is 12.9. The Kier molecular flexibility index (Phi) is 6.25. The molecule has 0 amide bonds. The average molecular weight is 355 g/mol. The largest absolute Gasteiger partial charge is 0.435 e. The molecule has 0 atom stereocenters. The number of hydrogen-bond donors (Lipinski definition) is 0. The van der Waals surface area contributed by atoms with Gasteiger partial charge in [-0.1, -0.05) is 13.8 Å². The Bertz CT molecular complexity index is 630. The molecule has 2 rings (SSSR count). The van der Waals surface area contributed by atoms with Gasteiger partial charge < -0.3 is 0 Å². The van der Waals surface area contributed by atoms with Gasteiger partial charge in [0.15, 0.2) is 5.69 Å². The van der Waals surface area contributed by atoms with Crippen LogP contribution in [0.25, 0.3) is 0 Å². The highest BCUT2D eigenvalue weighted by Gasteiger charge is 2.38. The van der Waals surface area contributed by atoms with Gasteiger partial charge in [-0.3, -0.25) is 4.68 Å². The van der Waals surface area contributed by atoms with Gasteiger partial charge in [-0.05, 0) is 26.7 Å². The molecule has 0 spiro atoms. The van der Waals surface area contributed by atoms with E-state index in [-0.39, 0.29) is 11.6 Å². The number of nitrogens with zero attached hydrogens (tertiary/aromatic N) is 3. The third-order valence-electron chi connectivity index (χ3n) is 3.96. The van der Waals surface area contributed by atoms with E-state index in [9.17, 15) is 21.6 Å². The zero-order valence-electron chi connectivity index (χ0n) is 14.1. The molecule has 23 heavy (non-hydrogen) atoms. The monoisotopic (exact) mass is 355 g/mol. The molecule has 1 aromatic heterocycles. The van der Waals surface area contributed by atoms with Gasteiger partial charge in [-0.2, -0.15) is 18.3 Å². The smallest absolute Gasteiger partial charge is 0.266 e. The summed E-state index contributed by atoms with van der Waals surface area (Å²) in [6.07, 6.45) is -2.40. The highest BCUT2D eigenvalue weighted by molar-refractivity contribution is 7.88. The lowest BCUT2D eigenvalue weighted by atomic mass is 10.1. The van der Waals surface area contributed by atoms with Gasteiger partial charge in [0, 0.05) is 24.3 Å². The Morgan fingerprint density at radius 1 is 1.13 bits per heavy atom. The first kappa shape index (κ1) is 20.0. The van der Waals surface area contributed by atoms with E-state index in [0.29, 0.717) is 31.6 Å². The summed E-state index contributed by atoms with van der Waals surface area (Å²) in [6, 6.07) is -0.196. The van der Waals surface area contributed by atoms with E-state index < -0.39 is 21.9 Å². The molecule has 1 aromatic rings. The van der Waals surface area contributed by atoms with Gasteiger partial charge >= 0.3 is 6.18 Å². The van der Waals surface area contributed by atoms with Gasteiger partial charge in [0.2, 0.25) is 10.0 Å². The molecule has 1 fully saturated rings. The zero-order valence-corrected chi connectivity index (χ0v) is 14.9. The van der Waals surface area contributed by atoms with Crippen LogP contribution in [0.1, 0.15) is 49.7 Å². The fourth-order valence-electron chi connectivity index (χ4n) is 2.64. The quantitative estimate of drug-likeness (QED) is 0.819. The van der Waals surface area contributed by atoms with Crippen molar-refractivity contribution in [3.05, 3.63) is 17.0 Å². The number of alkyl halides is 3. The average Bonchev–Trinajstić information content (AvgIpc) is 2.77. The van der Waals surface area contributed by atoms with Gasteiger partial charge in [-0.15, -0.1) is 0 Å². The van der Waals surface area contributed by atoms with Crippen LogP contribution in [-0.2, 0) is 16.2 Å². The van der Waals surface area contributed by atoms with Gasteiger partial charge in [0.25, 0.3) is 0 Å². The molecule has 0 aliphatic carbocycles. The first-order chi connectivity index (χ1) is 10.5. The molecule has 0 radical (unpaired) electrons. The molecule has 5 nitrogen and oxygen atoms in total. The molecule has 0 bridgehead atoms. The molecule has 0 N–H and O–H groups in total. The second-order valence-electron chi connectivity index (χ2n) is 5.39. The topological polar surface area (TPSA) is 55.2 Å². The maximum atomic E-state index is 12.9. The molecular weight excluding hydrogens is 331 g/mol. The van der Waals surface area contributed by atoms with Crippen molar-refractivity contribution in [3.8, 4) is 0 Å². The van der Waals surface area contributed by atoms with E-state index in [1.54, 1.807) is 6.92 Å². The predicted molar refractivity (Wildman–Crippen MR) is 82.7 cm³/mol. The van der Waals surface area contributed by atoms with Gasteiger partial charge in [0.1, 0.15) is 0 Å².